The number of halogens is 3. The maximum Gasteiger partial charge on any atom is 0.422 e. The van der Waals surface area contributed by atoms with Crippen LogP contribution >= 0.6 is 0 Å². The fraction of sp³-hybridized carbons (Fsp3) is 0.364. The molecule has 0 saturated carbocycles. The van der Waals surface area contributed by atoms with Crippen LogP contribution in [0.1, 0.15) is 11.7 Å². The Morgan fingerprint density at radius 1 is 1.33 bits per heavy atom. The number of alkyl halides is 3. The van der Waals surface area contributed by atoms with Crippen LogP contribution < -0.4 is 5.32 Å². The Bertz CT molecular complexity index is 381. The lowest BCUT2D eigenvalue weighted by molar-refractivity contribution is -0.160. The van der Waals surface area contributed by atoms with Gasteiger partial charge in [0.2, 0.25) is 0 Å². The van der Waals surface area contributed by atoms with Crippen LogP contribution in [0.2, 0.25) is 0 Å². The third-order valence-corrected chi connectivity index (χ3v) is 1.99. The molecule has 0 aliphatic rings. The van der Waals surface area contributed by atoms with Crippen molar-refractivity contribution in [2.75, 3.05) is 13.2 Å². The molecule has 18 heavy (non-hydrogen) atoms. The molecule has 1 amide bonds. The van der Waals surface area contributed by atoms with Gasteiger partial charge in [-0.1, -0.05) is 30.3 Å². The van der Waals surface area contributed by atoms with Crippen LogP contribution in [0.3, 0.4) is 0 Å². The minimum Gasteiger partial charge on any atom is -0.440 e. The van der Waals surface area contributed by atoms with E-state index >= 15 is 0 Å². The second-order valence-corrected chi connectivity index (χ2v) is 3.50. The fourth-order valence-electron chi connectivity index (χ4n) is 1.17. The van der Waals surface area contributed by atoms with E-state index in [2.05, 4.69) is 4.74 Å². The molecular weight excluding hydrogens is 251 g/mol. The molecular formula is C11H12F3NO3. The lowest BCUT2D eigenvalue weighted by atomic mass is 10.1. The number of benzene rings is 1. The standard InChI is InChI=1S/C11H12F3NO3/c12-11(13,14)7-18-10(17)15-6-9(16)8-4-2-1-3-5-8/h1-5,9,16H,6-7H2,(H,15,17). The number of aliphatic hydroxyl groups excluding tert-OH is 1. The number of nitrogens with one attached hydrogen (secondary N) is 1. The smallest absolute Gasteiger partial charge is 0.422 e. The maximum atomic E-state index is 11.7. The molecule has 0 aromatic heterocycles. The quantitative estimate of drug-likeness (QED) is 0.873. The van der Waals surface area contributed by atoms with Crippen LogP contribution in [-0.4, -0.2) is 30.5 Å². The van der Waals surface area contributed by atoms with Crippen molar-refractivity contribution in [2.45, 2.75) is 12.3 Å². The summed E-state index contributed by atoms with van der Waals surface area (Å²) >= 11 is 0. The molecule has 0 spiro atoms. The molecule has 1 aromatic rings. The molecule has 1 unspecified atom stereocenters. The number of carbonyl (C=O) groups is 1. The summed E-state index contributed by atoms with van der Waals surface area (Å²) in [6.07, 6.45) is -6.78. The van der Waals surface area contributed by atoms with Crippen LogP contribution in [-0.2, 0) is 4.74 Å². The van der Waals surface area contributed by atoms with E-state index in [1.165, 1.54) is 0 Å². The van der Waals surface area contributed by atoms with Crippen LogP contribution in [0.5, 0.6) is 0 Å². The number of rotatable bonds is 4. The third kappa shape index (κ3) is 5.53. The summed E-state index contributed by atoms with van der Waals surface area (Å²) < 4.78 is 39.1. The zero-order chi connectivity index (χ0) is 13.6. The Balaban J connectivity index is 2.31. The van der Waals surface area contributed by atoms with E-state index in [0.29, 0.717) is 5.56 Å². The highest BCUT2D eigenvalue weighted by molar-refractivity contribution is 5.67. The maximum absolute atomic E-state index is 11.7. The molecule has 0 radical (unpaired) electrons. The largest absolute Gasteiger partial charge is 0.440 e. The molecule has 1 rings (SSSR count). The highest BCUT2D eigenvalue weighted by atomic mass is 19.4. The van der Waals surface area contributed by atoms with Gasteiger partial charge in [0.15, 0.2) is 6.61 Å². The van der Waals surface area contributed by atoms with Crippen molar-refractivity contribution < 1.29 is 27.8 Å². The summed E-state index contributed by atoms with van der Waals surface area (Å²) in [5.41, 5.74) is 0.550. The summed E-state index contributed by atoms with van der Waals surface area (Å²) in [5, 5.41) is 11.6. The molecule has 0 heterocycles. The predicted molar refractivity (Wildman–Crippen MR) is 56.8 cm³/mol. The number of amides is 1. The predicted octanol–water partition coefficient (Wildman–Crippen LogP) is 2.01. The van der Waals surface area contributed by atoms with Crippen LogP contribution in [0.15, 0.2) is 30.3 Å². The van der Waals surface area contributed by atoms with Gasteiger partial charge in [-0.3, -0.25) is 0 Å². The first kappa shape index (κ1) is 14.3. The van der Waals surface area contributed by atoms with E-state index < -0.39 is 25.0 Å². The van der Waals surface area contributed by atoms with Crippen LogP contribution in [0, 0.1) is 0 Å². The van der Waals surface area contributed by atoms with Gasteiger partial charge < -0.3 is 15.2 Å². The molecule has 0 aliphatic carbocycles. The summed E-state index contributed by atoms with van der Waals surface area (Å²) in [6.45, 7) is -1.87. The first-order valence-corrected chi connectivity index (χ1v) is 5.09. The summed E-state index contributed by atoms with van der Waals surface area (Å²) in [4.78, 5) is 10.9. The average Bonchev–Trinajstić information content (AvgIpc) is 2.33. The lowest BCUT2D eigenvalue weighted by Gasteiger charge is -2.13. The zero-order valence-electron chi connectivity index (χ0n) is 9.28. The lowest BCUT2D eigenvalue weighted by Crippen LogP contribution is -2.31. The van der Waals surface area contributed by atoms with Crippen molar-refractivity contribution in [3.63, 3.8) is 0 Å². The minimum absolute atomic E-state index is 0.222. The molecule has 7 heteroatoms. The van der Waals surface area contributed by atoms with Crippen molar-refractivity contribution in [3.05, 3.63) is 35.9 Å². The highest BCUT2D eigenvalue weighted by Crippen LogP contribution is 2.14. The van der Waals surface area contributed by atoms with E-state index in [4.69, 9.17) is 0 Å². The van der Waals surface area contributed by atoms with Crippen LogP contribution in [0.25, 0.3) is 0 Å². The molecule has 1 atom stereocenters. The van der Waals surface area contributed by atoms with Gasteiger partial charge in [-0.05, 0) is 5.56 Å². The molecule has 100 valence electrons. The van der Waals surface area contributed by atoms with Gasteiger partial charge in [-0.25, -0.2) is 4.79 Å². The Kier molecular flexibility index (Phi) is 4.96. The van der Waals surface area contributed by atoms with Crippen molar-refractivity contribution in [3.8, 4) is 0 Å². The number of ether oxygens (including phenoxy) is 1. The molecule has 0 bridgehead atoms. The van der Waals surface area contributed by atoms with Crippen molar-refractivity contribution in [1.82, 2.24) is 5.32 Å². The number of hydrogen-bond acceptors (Lipinski definition) is 3. The average molecular weight is 263 g/mol. The van der Waals surface area contributed by atoms with Crippen molar-refractivity contribution >= 4 is 6.09 Å². The number of carbonyl (C=O) groups excluding carboxylic acids is 1. The van der Waals surface area contributed by atoms with E-state index in [1.54, 1.807) is 30.3 Å². The van der Waals surface area contributed by atoms with Crippen molar-refractivity contribution in [2.24, 2.45) is 0 Å². The molecule has 1 aromatic carbocycles. The fourth-order valence-corrected chi connectivity index (χ4v) is 1.17. The monoisotopic (exact) mass is 263 g/mol. The molecule has 0 fully saturated rings. The van der Waals surface area contributed by atoms with Crippen molar-refractivity contribution in [1.29, 1.82) is 0 Å². The Morgan fingerprint density at radius 3 is 2.50 bits per heavy atom. The van der Waals surface area contributed by atoms with Crippen LogP contribution in [0.4, 0.5) is 18.0 Å². The summed E-state index contributed by atoms with van der Waals surface area (Å²) in [7, 11) is 0. The van der Waals surface area contributed by atoms with Gasteiger partial charge in [0.1, 0.15) is 0 Å². The van der Waals surface area contributed by atoms with Gasteiger partial charge in [0.05, 0.1) is 12.6 Å². The zero-order valence-corrected chi connectivity index (χ0v) is 9.28. The van der Waals surface area contributed by atoms with E-state index in [-0.39, 0.29) is 6.54 Å². The summed E-state index contributed by atoms with van der Waals surface area (Å²) in [6, 6.07) is 8.41. The van der Waals surface area contributed by atoms with Gasteiger partial charge >= 0.3 is 12.3 Å². The first-order valence-electron chi connectivity index (χ1n) is 5.09. The van der Waals surface area contributed by atoms with E-state index in [9.17, 15) is 23.1 Å². The second kappa shape index (κ2) is 6.25. The topological polar surface area (TPSA) is 58.6 Å². The Hall–Kier alpha value is -1.76. The normalized spacial score (nSPS) is 12.9. The SMILES string of the molecule is O=C(NCC(O)c1ccccc1)OCC(F)(F)F. The Morgan fingerprint density at radius 2 is 1.94 bits per heavy atom. The second-order valence-electron chi connectivity index (χ2n) is 3.50. The number of alkyl carbamates (subject to hydrolysis) is 1. The van der Waals surface area contributed by atoms with E-state index in [1.807, 2.05) is 5.32 Å². The van der Waals surface area contributed by atoms with Gasteiger partial charge in [0.25, 0.3) is 0 Å². The Labute approximate surface area is 101 Å². The molecule has 4 nitrogen and oxygen atoms in total. The molecule has 0 aliphatic heterocycles. The van der Waals surface area contributed by atoms with Gasteiger partial charge in [-0.2, -0.15) is 13.2 Å². The molecule has 0 saturated heterocycles. The van der Waals surface area contributed by atoms with Gasteiger partial charge in [0, 0.05) is 0 Å². The van der Waals surface area contributed by atoms with E-state index in [0.717, 1.165) is 0 Å². The van der Waals surface area contributed by atoms with Gasteiger partial charge in [-0.15, -0.1) is 0 Å². The summed E-state index contributed by atoms with van der Waals surface area (Å²) in [5.74, 6) is 0. The third-order valence-electron chi connectivity index (χ3n) is 1.99. The molecule has 2 N–H and O–H groups in total. The highest BCUT2D eigenvalue weighted by Gasteiger charge is 2.29. The number of hydrogen-bond donors (Lipinski definition) is 2. The number of aliphatic hydroxyl groups is 1. The first-order chi connectivity index (χ1) is 8.38. The minimum atomic E-state index is -4.56.